The monoisotopic (exact) mass is 232 g/mol. The van der Waals surface area contributed by atoms with E-state index in [-0.39, 0.29) is 5.92 Å². The second-order valence-electron chi connectivity index (χ2n) is 4.69. The van der Waals surface area contributed by atoms with Crippen LogP contribution < -0.4 is 0 Å². The minimum atomic E-state index is -0.897. The van der Waals surface area contributed by atoms with Crippen LogP contribution in [0.15, 0.2) is 24.3 Å². The first-order valence-corrected chi connectivity index (χ1v) is 5.99. The SMILES string of the molecule is O=CC1CCCC(c2ccc(C(=O)O)cc2)C1. The molecule has 1 aliphatic rings. The van der Waals surface area contributed by atoms with Crippen molar-refractivity contribution in [2.75, 3.05) is 0 Å². The van der Waals surface area contributed by atoms with Crippen molar-refractivity contribution < 1.29 is 14.7 Å². The van der Waals surface area contributed by atoms with Gasteiger partial charge in [0.15, 0.2) is 0 Å². The van der Waals surface area contributed by atoms with E-state index >= 15 is 0 Å². The van der Waals surface area contributed by atoms with Crippen LogP contribution in [-0.2, 0) is 4.79 Å². The molecule has 0 radical (unpaired) electrons. The third-order valence-electron chi connectivity index (χ3n) is 3.54. The van der Waals surface area contributed by atoms with Gasteiger partial charge in [-0.05, 0) is 42.9 Å². The summed E-state index contributed by atoms with van der Waals surface area (Å²) in [4.78, 5) is 21.5. The highest BCUT2D eigenvalue weighted by atomic mass is 16.4. The first-order valence-electron chi connectivity index (χ1n) is 5.99. The fraction of sp³-hybridized carbons (Fsp3) is 0.429. The summed E-state index contributed by atoms with van der Waals surface area (Å²) >= 11 is 0. The van der Waals surface area contributed by atoms with Gasteiger partial charge in [0.1, 0.15) is 6.29 Å². The maximum Gasteiger partial charge on any atom is 0.335 e. The topological polar surface area (TPSA) is 54.4 Å². The lowest BCUT2D eigenvalue weighted by atomic mass is 9.78. The van der Waals surface area contributed by atoms with Crippen LogP contribution in [0.2, 0.25) is 0 Å². The van der Waals surface area contributed by atoms with Gasteiger partial charge in [-0.2, -0.15) is 0 Å². The number of aromatic carboxylic acids is 1. The van der Waals surface area contributed by atoms with E-state index in [2.05, 4.69) is 0 Å². The van der Waals surface area contributed by atoms with Gasteiger partial charge in [-0.3, -0.25) is 0 Å². The standard InChI is InChI=1S/C14H16O3/c15-9-10-2-1-3-13(8-10)11-4-6-12(7-5-11)14(16)17/h4-7,9-10,13H,1-3,8H2,(H,16,17). The minimum Gasteiger partial charge on any atom is -0.478 e. The largest absolute Gasteiger partial charge is 0.478 e. The Balaban J connectivity index is 2.11. The Morgan fingerprint density at radius 1 is 1.24 bits per heavy atom. The van der Waals surface area contributed by atoms with Crippen molar-refractivity contribution in [1.82, 2.24) is 0 Å². The number of carbonyl (C=O) groups is 2. The lowest BCUT2D eigenvalue weighted by Gasteiger charge is -2.26. The highest BCUT2D eigenvalue weighted by Gasteiger charge is 2.22. The molecule has 1 aromatic carbocycles. The van der Waals surface area contributed by atoms with Crippen LogP contribution >= 0.6 is 0 Å². The van der Waals surface area contributed by atoms with Gasteiger partial charge < -0.3 is 9.90 Å². The van der Waals surface area contributed by atoms with Gasteiger partial charge in [-0.25, -0.2) is 4.79 Å². The van der Waals surface area contributed by atoms with E-state index in [1.165, 1.54) is 0 Å². The van der Waals surface area contributed by atoms with E-state index in [9.17, 15) is 9.59 Å². The molecule has 90 valence electrons. The molecule has 0 aromatic heterocycles. The molecule has 3 heteroatoms. The zero-order chi connectivity index (χ0) is 12.3. The average molecular weight is 232 g/mol. The number of hydrogen-bond acceptors (Lipinski definition) is 2. The van der Waals surface area contributed by atoms with Gasteiger partial charge in [0.2, 0.25) is 0 Å². The number of rotatable bonds is 3. The number of carboxylic acid groups (broad SMARTS) is 1. The summed E-state index contributed by atoms with van der Waals surface area (Å²) in [5, 5.41) is 8.82. The van der Waals surface area contributed by atoms with E-state index in [0.717, 1.165) is 37.5 Å². The maximum atomic E-state index is 10.8. The van der Waals surface area contributed by atoms with Gasteiger partial charge in [-0.1, -0.05) is 18.6 Å². The summed E-state index contributed by atoms with van der Waals surface area (Å²) in [6.07, 6.45) is 5.12. The molecule has 0 spiro atoms. The molecular formula is C14H16O3. The average Bonchev–Trinajstić information content (AvgIpc) is 2.39. The van der Waals surface area contributed by atoms with Crippen LogP contribution in [0.3, 0.4) is 0 Å². The molecule has 1 fully saturated rings. The third-order valence-corrected chi connectivity index (χ3v) is 3.54. The number of hydrogen-bond donors (Lipinski definition) is 1. The van der Waals surface area contributed by atoms with Crippen molar-refractivity contribution in [1.29, 1.82) is 0 Å². The third kappa shape index (κ3) is 2.73. The van der Waals surface area contributed by atoms with Gasteiger partial charge >= 0.3 is 5.97 Å². The summed E-state index contributed by atoms with van der Waals surface area (Å²) in [5.74, 6) is -0.319. The molecule has 17 heavy (non-hydrogen) atoms. The molecule has 1 aromatic rings. The van der Waals surface area contributed by atoms with Crippen molar-refractivity contribution in [3.63, 3.8) is 0 Å². The molecule has 3 nitrogen and oxygen atoms in total. The minimum absolute atomic E-state index is 0.174. The second kappa shape index (κ2) is 5.13. The number of carboxylic acids is 1. The molecule has 0 bridgehead atoms. The summed E-state index contributed by atoms with van der Waals surface area (Å²) in [5.41, 5.74) is 1.47. The van der Waals surface area contributed by atoms with Crippen LogP contribution in [0, 0.1) is 5.92 Å². The fourth-order valence-electron chi connectivity index (χ4n) is 2.55. The van der Waals surface area contributed by atoms with Crippen molar-refractivity contribution in [3.05, 3.63) is 35.4 Å². The molecule has 2 atom stereocenters. The van der Waals surface area contributed by atoms with Gasteiger partial charge in [0.25, 0.3) is 0 Å². The Labute approximate surface area is 100 Å². The highest BCUT2D eigenvalue weighted by molar-refractivity contribution is 5.87. The summed E-state index contributed by atoms with van der Waals surface area (Å²) < 4.78 is 0. The van der Waals surface area contributed by atoms with Crippen LogP contribution in [0.4, 0.5) is 0 Å². The molecule has 0 amide bonds. The van der Waals surface area contributed by atoms with Gasteiger partial charge in [-0.15, -0.1) is 0 Å². The molecule has 0 saturated heterocycles. The molecule has 1 saturated carbocycles. The van der Waals surface area contributed by atoms with E-state index in [1.807, 2.05) is 12.1 Å². The first-order chi connectivity index (χ1) is 8.20. The summed E-state index contributed by atoms with van der Waals surface area (Å²) in [7, 11) is 0. The van der Waals surface area contributed by atoms with Crippen molar-refractivity contribution in [3.8, 4) is 0 Å². The molecule has 0 heterocycles. The van der Waals surface area contributed by atoms with E-state index in [0.29, 0.717) is 11.5 Å². The Morgan fingerprint density at radius 3 is 2.53 bits per heavy atom. The van der Waals surface area contributed by atoms with Crippen LogP contribution in [0.1, 0.15) is 47.5 Å². The van der Waals surface area contributed by atoms with Gasteiger partial charge in [0.05, 0.1) is 5.56 Å². The summed E-state index contributed by atoms with van der Waals surface area (Å²) in [6.45, 7) is 0. The smallest absolute Gasteiger partial charge is 0.335 e. The Hall–Kier alpha value is -1.64. The lowest BCUT2D eigenvalue weighted by molar-refractivity contribution is -0.112. The van der Waals surface area contributed by atoms with Crippen LogP contribution in [0.25, 0.3) is 0 Å². The van der Waals surface area contributed by atoms with Crippen LogP contribution in [-0.4, -0.2) is 17.4 Å². The predicted molar refractivity (Wildman–Crippen MR) is 64.2 cm³/mol. The molecule has 1 aliphatic carbocycles. The Kier molecular flexibility index (Phi) is 3.57. The van der Waals surface area contributed by atoms with Crippen LogP contribution in [0.5, 0.6) is 0 Å². The lowest BCUT2D eigenvalue weighted by Crippen LogP contribution is -2.15. The molecule has 2 rings (SSSR count). The maximum absolute atomic E-state index is 10.8. The molecule has 2 unspecified atom stereocenters. The van der Waals surface area contributed by atoms with E-state index in [4.69, 9.17) is 5.11 Å². The zero-order valence-electron chi connectivity index (χ0n) is 9.63. The predicted octanol–water partition coefficient (Wildman–Crippen LogP) is 2.86. The molecule has 1 N–H and O–H groups in total. The van der Waals surface area contributed by atoms with Crippen molar-refractivity contribution in [2.45, 2.75) is 31.6 Å². The summed E-state index contributed by atoms with van der Waals surface area (Å²) in [6, 6.07) is 7.03. The fourth-order valence-corrected chi connectivity index (χ4v) is 2.55. The first kappa shape index (κ1) is 11.8. The van der Waals surface area contributed by atoms with Crippen molar-refractivity contribution in [2.24, 2.45) is 5.92 Å². The number of benzene rings is 1. The molecule has 0 aliphatic heterocycles. The van der Waals surface area contributed by atoms with Crippen molar-refractivity contribution >= 4 is 12.3 Å². The normalized spacial score (nSPS) is 24.2. The number of carbonyl (C=O) groups excluding carboxylic acids is 1. The highest BCUT2D eigenvalue weighted by Crippen LogP contribution is 2.35. The molecular weight excluding hydrogens is 216 g/mol. The quantitative estimate of drug-likeness (QED) is 0.815. The number of aldehydes is 1. The Morgan fingerprint density at radius 2 is 1.94 bits per heavy atom. The van der Waals surface area contributed by atoms with E-state index < -0.39 is 5.97 Å². The second-order valence-corrected chi connectivity index (χ2v) is 4.69. The van der Waals surface area contributed by atoms with E-state index in [1.54, 1.807) is 12.1 Å². The van der Waals surface area contributed by atoms with Gasteiger partial charge in [0, 0.05) is 5.92 Å². The Bertz CT molecular complexity index is 408. The zero-order valence-corrected chi connectivity index (χ0v) is 9.63.